The first-order valence-electron chi connectivity index (χ1n) is 4.77. The SMILES string of the molecule is CC(C)(C)OC(=O)N1OCCC=CC1=O. The third kappa shape index (κ3) is 3.71. The molecule has 0 saturated carbocycles. The predicted molar refractivity (Wildman–Crippen MR) is 52.8 cm³/mol. The van der Waals surface area contributed by atoms with Crippen LogP contribution in [-0.4, -0.2) is 29.3 Å². The number of ether oxygens (including phenoxy) is 1. The predicted octanol–water partition coefficient (Wildman–Crippen LogP) is 1.64. The van der Waals surface area contributed by atoms with Crippen LogP contribution in [0.3, 0.4) is 0 Å². The normalized spacial score (nSPS) is 17.5. The van der Waals surface area contributed by atoms with E-state index in [1.165, 1.54) is 6.08 Å². The summed E-state index contributed by atoms with van der Waals surface area (Å²) in [6.45, 7) is 5.47. The molecule has 1 heterocycles. The van der Waals surface area contributed by atoms with Gasteiger partial charge in [-0.15, -0.1) is 5.06 Å². The van der Waals surface area contributed by atoms with E-state index in [1.54, 1.807) is 26.8 Å². The van der Waals surface area contributed by atoms with Gasteiger partial charge in [0.2, 0.25) is 0 Å². The fraction of sp³-hybridized carbons (Fsp3) is 0.600. The summed E-state index contributed by atoms with van der Waals surface area (Å²) < 4.78 is 5.01. The molecule has 1 aliphatic heterocycles. The van der Waals surface area contributed by atoms with Crippen molar-refractivity contribution in [3.05, 3.63) is 12.2 Å². The fourth-order valence-corrected chi connectivity index (χ4v) is 0.974. The van der Waals surface area contributed by atoms with Gasteiger partial charge in [0, 0.05) is 6.08 Å². The van der Waals surface area contributed by atoms with Crippen LogP contribution in [0.1, 0.15) is 27.2 Å². The average Bonchev–Trinajstić information content (AvgIpc) is 2.26. The van der Waals surface area contributed by atoms with Crippen LogP contribution >= 0.6 is 0 Å². The molecule has 0 unspecified atom stereocenters. The summed E-state index contributed by atoms with van der Waals surface area (Å²) >= 11 is 0. The molecular weight excluding hydrogens is 198 g/mol. The molecule has 2 amide bonds. The van der Waals surface area contributed by atoms with Crippen molar-refractivity contribution in [2.45, 2.75) is 32.8 Å². The summed E-state index contributed by atoms with van der Waals surface area (Å²) in [5.74, 6) is -0.512. The maximum absolute atomic E-state index is 11.5. The molecule has 0 aromatic carbocycles. The highest BCUT2D eigenvalue weighted by atomic mass is 16.7. The van der Waals surface area contributed by atoms with Crippen molar-refractivity contribution < 1.29 is 19.2 Å². The number of hydroxylamine groups is 2. The van der Waals surface area contributed by atoms with E-state index in [9.17, 15) is 9.59 Å². The molecule has 5 heteroatoms. The zero-order valence-corrected chi connectivity index (χ0v) is 9.15. The Morgan fingerprint density at radius 3 is 2.80 bits per heavy atom. The Morgan fingerprint density at radius 2 is 2.20 bits per heavy atom. The van der Waals surface area contributed by atoms with Crippen molar-refractivity contribution in [1.82, 2.24) is 5.06 Å². The van der Waals surface area contributed by atoms with Crippen LogP contribution in [0.4, 0.5) is 4.79 Å². The zero-order chi connectivity index (χ0) is 11.5. The van der Waals surface area contributed by atoms with E-state index in [2.05, 4.69) is 0 Å². The number of rotatable bonds is 0. The molecule has 0 aromatic heterocycles. The van der Waals surface area contributed by atoms with Gasteiger partial charge in [0.05, 0.1) is 6.61 Å². The number of carbonyl (C=O) groups excluding carboxylic acids is 2. The number of imide groups is 1. The zero-order valence-electron chi connectivity index (χ0n) is 9.15. The molecule has 1 rings (SSSR count). The third-order valence-electron chi connectivity index (χ3n) is 1.52. The molecule has 0 aromatic rings. The lowest BCUT2D eigenvalue weighted by Crippen LogP contribution is -2.39. The van der Waals surface area contributed by atoms with Crippen LogP contribution < -0.4 is 0 Å². The summed E-state index contributed by atoms with van der Waals surface area (Å²) in [5.41, 5.74) is -0.642. The van der Waals surface area contributed by atoms with Crippen molar-refractivity contribution in [2.75, 3.05) is 6.61 Å². The van der Waals surface area contributed by atoms with Gasteiger partial charge in [-0.1, -0.05) is 6.08 Å². The Bertz CT molecular complexity index is 290. The van der Waals surface area contributed by atoms with Gasteiger partial charge in [-0.25, -0.2) is 4.79 Å². The summed E-state index contributed by atoms with van der Waals surface area (Å²) in [6.07, 6.45) is 2.79. The van der Waals surface area contributed by atoms with Gasteiger partial charge >= 0.3 is 6.09 Å². The van der Waals surface area contributed by atoms with Gasteiger partial charge in [-0.05, 0) is 27.2 Å². The minimum atomic E-state index is -0.779. The first-order chi connectivity index (χ1) is 6.90. The Kier molecular flexibility index (Phi) is 3.47. The van der Waals surface area contributed by atoms with Crippen molar-refractivity contribution in [2.24, 2.45) is 0 Å². The maximum atomic E-state index is 11.5. The molecule has 0 spiro atoms. The van der Waals surface area contributed by atoms with Gasteiger partial charge in [0.25, 0.3) is 5.91 Å². The van der Waals surface area contributed by atoms with E-state index in [0.717, 1.165) is 0 Å². The first kappa shape index (κ1) is 11.7. The highest BCUT2D eigenvalue weighted by molar-refractivity contribution is 5.97. The Hall–Kier alpha value is -1.36. The lowest BCUT2D eigenvalue weighted by molar-refractivity contribution is -0.171. The summed E-state index contributed by atoms with van der Waals surface area (Å²) in [7, 11) is 0. The van der Waals surface area contributed by atoms with E-state index in [-0.39, 0.29) is 0 Å². The van der Waals surface area contributed by atoms with Gasteiger partial charge < -0.3 is 4.74 Å². The van der Waals surface area contributed by atoms with E-state index < -0.39 is 17.6 Å². The van der Waals surface area contributed by atoms with E-state index in [1.807, 2.05) is 0 Å². The van der Waals surface area contributed by atoms with E-state index in [4.69, 9.17) is 9.57 Å². The number of hydrogen-bond donors (Lipinski definition) is 0. The van der Waals surface area contributed by atoms with Crippen LogP contribution in [0, 0.1) is 0 Å². The van der Waals surface area contributed by atoms with Crippen molar-refractivity contribution in [3.8, 4) is 0 Å². The smallest absolute Gasteiger partial charge is 0.442 e. The minimum Gasteiger partial charge on any atom is -0.442 e. The Morgan fingerprint density at radius 1 is 1.53 bits per heavy atom. The van der Waals surface area contributed by atoms with Crippen molar-refractivity contribution >= 4 is 12.0 Å². The molecule has 0 atom stereocenters. The molecule has 0 saturated heterocycles. The summed E-state index contributed by atoms with van der Waals surface area (Å²) in [5, 5.41) is 0.648. The van der Waals surface area contributed by atoms with Crippen LogP contribution in [0.2, 0.25) is 0 Å². The molecule has 0 radical (unpaired) electrons. The molecule has 0 fully saturated rings. The Balaban J connectivity index is 2.65. The standard InChI is InChI=1S/C10H15NO4/c1-10(2,3)15-9(13)11-8(12)6-4-5-7-14-11/h4,6H,5,7H2,1-3H3. The molecular formula is C10H15NO4. The van der Waals surface area contributed by atoms with E-state index in [0.29, 0.717) is 18.1 Å². The lowest BCUT2D eigenvalue weighted by Gasteiger charge is -2.23. The second kappa shape index (κ2) is 4.44. The molecule has 84 valence electrons. The monoisotopic (exact) mass is 213 g/mol. The quantitative estimate of drug-likeness (QED) is 0.613. The van der Waals surface area contributed by atoms with Gasteiger partial charge in [0.1, 0.15) is 5.60 Å². The number of nitrogens with zero attached hydrogens (tertiary/aromatic N) is 1. The highest BCUT2D eigenvalue weighted by Gasteiger charge is 2.27. The number of amides is 2. The number of carbonyl (C=O) groups is 2. The third-order valence-corrected chi connectivity index (χ3v) is 1.52. The maximum Gasteiger partial charge on any atom is 0.442 e. The second-order valence-electron chi connectivity index (χ2n) is 4.14. The first-order valence-corrected chi connectivity index (χ1v) is 4.77. The van der Waals surface area contributed by atoms with E-state index >= 15 is 0 Å². The van der Waals surface area contributed by atoms with Crippen LogP contribution in [-0.2, 0) is 14.4 Å². The molecule has 5 nitrogen and oxygen atoms in total. The molecule has 0 aliphatic carbocycles. The topological polar surface area (TPSA) is 55.8 Å². The lowest BCUT2D eigenvalue weighted by atomic mass is 10.2. The summed E-state index contributed by atoms with van der Waals surface area (Å²) in [4.78, 5) is 27.8. The van der Waals surface area contributed by atoms with Crippen LogP contribution in [0.15, 0.2) is 12.2 Å². The average molecular weight is 213 g/mol. The minimum absolute atomic E-state index is 0.293. The second-order valence-corrected chi connectivity index (χ2v) is 4.14. The van der Waals surface area contributed by atoms with Gasteiger partial charge in [0.15, 0.2) is 0 Å². The molecule has 0 bridgehead atoms. The molecule has 15 heavy (non-hydrogen) atoms. The largest absolute Gasteiger partial charge is 0.442 e. The summed E-state index contributed by atoms with van der Waals surface area (Å²) in [6, 6.07) is 0. The fourth-order valence-electron chi connectivity index (χ4n) is 0.974. The highest BCUT2D eigenvalue weighted by Crippen LogP contribution is 2.12. The van der Waals surface area contributed by atoms with Crippen LogP contribution in [0.25, 0.3) is 0 Å². The van der Waals surface area contributed by atoms with Crippen LogP contribution in [0.5, 0.6) is 0 Å². The van der Waals surface area contributed by atoms with Crippen molar-refractivity contribution in [1.29, 1.82) is 0 Å². The molecule has 0 N–H and O–H groups in total. The Labute approximate surface area is 88.6 Å². The number of hydrogen-bond acceptors (Lipinski definition) is 4. The van der Waals surface area contributed by atoms with Gasteiger partial charge in [-0.2, -0.15) is 0 Å². The van der Waals surface area contributed by atoms with Gasteiger partial charge in [-0.3, -0.25) is 9.63 Å². The van der Waals surface area contributed by atoms with Crippen molar-refractivity contribution in [3.63, 3.8) is 0 Å². The molecule has 1 aliphatic rings.